The number of imidazole rings is 1. The second kappa shape index (κ2) is 6.38. The van der Waals surface area contributed by atoms with Crippen molar-refractivity contribution in [3.63, 3.8) is 0 Å². The Morgan fingerprint density at radius 3 is 2.86 bits per heavy atom. The van der Waals surface area contributed by atoms with E-state index in [1.807, 2.05) is 6.20 Å². The fourth-order valence-corrected chi connectivity index (χ4v) is 4.05. The molecule has 0 amide bonds. The van der Waals surface area contributed by atoms with Crippen LogP contribution in [0.25, 0.3) is 0 Å². The Kier molecular flexibility index (Phi) is 4.49. The zero-order valence-corrected chi connectivity index (χ0v) is 13.3. The molecule has 6 nitrogen and oxygen atoms in total. The van der Waals surface area contributed by atoms with Crippen LogP contribution in [0.15, 0.2) is 12.4 Å². The van der Waals surface area contributed by atoms with E-state index in [9.17, 15) is 9.90 Å². The normalized spacial score (nSPS) is 25.8. The van der Waals surface area contributed by atoms with Crippen molar-refractivity contribution in [1.82, 2.24) is 19.8 Å². The monoisotopic (exact) mass is 306 g/mol. The SMILES string of the molecule is CCCN1CC2(CCN(Cc3ncc[nH]3)CC2)CC1C(=O)O. The first kappa shape index (κ1) is 15.5. The number of carbonyl (C=O) groups is 1. The van der Waals surface area contributed by atoms with E-state index in [1.54, 1.807) is 6.20 Å². The lowest BCUT2D eigenvalue weighted by molar-refractivity contribution is -0.142. The summed E-state index contributed by atoms with van der Waals surface area (Å²) in [7, 11) is 0. The third-order valence-corrected chi connectivity index (χ3v) is 5.25. The molecule has 122 valence electrons. The molecule has 0 saturated carbocycles. The summed E-state index contributed by atoms with van der Waals surface area (Å²) in [5.74, 6) is 0.363. The minimum absolute atomic E-state index is 0.206. The van der Waals surface area contributed by atoms with Gasteiger partial charge in [0.1, 0.15) is 11.9 Å². The summed E-state index contributed by atoms with van der Waals surface area (Å²) < 4.78 is 0. The molecule has 2 fully saturated rings. The molecule has 1 aromatic rings. The Balaban J connectivity index is 1.58. The largest absolute Gasteiger partial charge is 0.480 e. The molecule has 0 bridgehead atoms. The van der Waals surface area contributed by atoms with Gasteiger partial charge >= 0.3 is 5.97 Å². The van der Waals surface area contributed by atoms with E-state index in [1.165, 1.54) is 0 Å². The Hall–Kier alpha value is -1.40. The molecule has 1 atom stereocenters. The van der Waals surface area contributed by atoms with E-state index in [-0.39, 0.29) is 11.5 Å². The number of carboxylic acid groups (broad SMARTS) is 1. The van der Waals surface area contributed by atoms with E-state index in [2.05, 4.69) is 26.7 Å². The first-order chi connectivity index (χ1) is 10.6. The van der Waals surface area contributed by atoms with Crippen LogP contribution < -0.4 is 0 Å². The number of aromatic nitrogens is 2. The highest BCUT2D eigenvalue weighted by Gasteiger charge is 2.47. The standard InChI is InChI=1S/C16H26N4O2/c1-2-7-20-12-16(10-13(20)15(21)22)3-8-19(9-4-16)11-14-17-5-6-18-14/h5-6,13H,2-4,7-12H2,1H3,(H,17,18)(H,21,22). The molecule has 1 unspecified atom stereocenters. The third-order valence-electron chi connectivity index (χ3n) is 5.25. The van der Waals surface area contributed by atoms with Crippen LogP contribution in [0.3, 0.4) is 0 Å². The Morgan fingerprint density at radius 1 is 1.50 bits per heavy atom. The van der Waals surface area contributed by atoms with Gasteiger partial charge in [0.25, 0.3) is 0 Å². The first-order valence-corrected chi connectivity index (χ1v) is 8.29. The molecule has 2 saturated heterocycles. The van der Waals surface area contributed by atoms with E-state index >= 15 is 0 Å². The number of carboxylic acids is 1. The van der Waals surface area contributed by atoms with Crippen LogP contribution in [-0.4, -0.2) is 63.1 Å². The van der Waals surface area contributed by atoms with Crippen LogP contribution in [0, 0.1) is 5.41 Å². The second-order valence-corrected chi connectivity index (χ2v) is 6.84. The van der Waals surface area contributed by atoms with Gasteiger partial charge in [0.15, 0.2) is 0 Å². The van der Waals surface area contributed by atoms with Crippen LogP contribution in [-0.2, 0) is 11.3 Å². The molecule has 1 spiro atoms. The van der Waals surface area contributed by atoms with Crippen molar-refractivity contribution < 1.29 is 9.90 Å². The Morgan fingerprint density at radius 2 is 2.27 bits per heavy atom. The molecule has 0 radical (unpaired) electrons. The number of nitrogens with zero attached hydrogens (tertiary/aromatic N) is 3. The first-order valence-electron chi connectivity index (χ1n) is 8.29. The molecule has 0 aromatic carbocycles. The summed E-state index contributed by atoms with van der Waals surface area (Å²) in [4.78, 5) is 23.6. The highest BCUT2D eigenvalue weighted by molar-refractivity contribution is 5.74. The predicted octanol–water partition coefficient (Wildman–Crippen LogP) is 1.56. The summed E-state index contributed by atoms with van der Waals surface area (Å²) in [5, 5.41) is 9.48. The van der Waals surface area contributed by atoms with Gasteiger partial charge in [-0.15, -0.1) is 0 Å². The minimum atomic E-state index is -0.650. The van der Waals surface area contributed by atoms with Gasteiger partial charge in [-0.25, -0.2) is 4.98 Å². The molecule has 2 N–H and O–H groups in total. The fraction of sp³-hybridized carbons (Fsp3) is 0.750. The zero-order valence-electron chi connectivity index (χ0n) is 13.3. The maximum atomic E-state index is 11.5. The summed E-state index contributed by atoms with van der Waals surface area (Å²) in [6, 6.07) is -0.281. The summed E-state index contributed by atoms with van der Waals surface area (Å²) in [5.41, 5.74) is 0.206. The second-order valence-electron chi connectivity index (χ2n) is 6.84. The lowest BCUT2D eigenvalue weighted by Crippen LogP contribution is -2.41. The average molecular weight is 306 g/mol. The number of aromatic amines is 1. The number of H-pyrrole nitrogens is 1. The number of hydrogen-bond acceptors (Lipinski definition) is 4. The van der Waals surface area contributed by atoms with E-state index in [0.717, 1.165) is 64.2 Å². The van der Waals surface area contributed by atoms with Crippen molar-refractivity contribution in [3.8, 4) is 0 Å². The topological polar surface area (TPSA) is 72.5 Å². The highest BCUT2D eigenvalue weighted by Crippen LogP contribution is 2.43. The molecule has 0 aliphatic carbocycles. The smallest absolute Gasteiger partial charge is 0.320 e. The number of rotatable bonds is 5. The van der Waals surface area contributed by atoms with Gasteiger partial charge in [0.05, 0.1) is 6.54 Å². The van der Waals surface area contributed by atoms with Crippen LogP contribution in [0.5, 0.6) is 0 Å². The molecule has 3 rings (SSSR count). The van der Waals surface area contributed by atoms with Gasteiger partial charge in [0, 0.05) is 18.9 Å². The van der Waals surface area contributed by atoms with Crippen molar-refractivity contribution in [2.45, 2.75) is 45.2 Å². The number of likely N-dealkylation sites (tertiary alicyclic amines) is 2. The van der Waals surface area contributed by atoms with Crippen LogP contribution in [0.1, 0.15) is 38.4 Å². The third kappa shape index (κ3) is 3.17. The van der Waals surface area contributed by atoms with Crippen molar-refractivity contribution in [2.24, 2.45) is 5.41 Å². The van der Waals surface area contributed by atoms with Crippen molar-refractivity contribution >= 4 is 5.97 Å². The molecular formula is C16H26N4O2. The number of nitrogens with one attached hydrogen (secondary N) is 1. The summed E-state index contributed by atoms with van der Waals surface area (Å²) in [6.45, 7) is 6.90. The van der Waals surface area contributed by atoms with Gasteiger partial charge in [-0.1, -0.05) is 6.92 Å². The van der Waals surface area contributed by atoms with Crippen LogP contribution in [0.2, 0.25) is 0 Å². The van der Waals surface area contributed by atoms with Gasteiger partial charge in [0.2, 0.25) is 0 Å². The molecule has 6 heteroatoms. The number of hydrogen-bond donors (Lipinski definition) is 2. The van der Waals surface area contributed by atoms with Crippen molar-refractivity contribution in [3.05, 3.63) is 18.2 Å². The van der Waals surface area contributed by atoms with Gasteiger partial charge in [-0.05, 0) is 50.7 Å². The summed E-state index contributed by atoms with van der Waals surface area (Å²) >= 11 is 0. The molecule has 2 aliphatic heterocycles. The Labute approximate surface area is 131 Å². The van der Waals surface area contributed by atoms with Crippen molar-refractivity contribution in [2.75, 3.05) is 26.2 Å². The van der Waals surface area contributed by atoms with Gasteiger partial charge in [-0.2, -0.15) is 0 Å². The maximum absolute atomic E-state index is 11.5. The van der Waals surface area contributed by atoms with E-state index < -0.39 is 5.97 Å². The van der Waals surface area contributed by atoms with Gasteiger partial charge < -0.3 is 10.1 Å². The number of piperidine rings is 1. The van der Waals surface area contributed by atoms with Crippen LogP contribution in [0.4, 0.5) is 0 Å². The van der Waals surface area contributed by atoms with E-state index in [4.69, 9.17) is 0 Å². The molecule has 2 aliphatic rings. The van der Waals surface area contributed by atoms with Crippen LogP contribution >= 0.6 is 0 Å². The molecular weight excluding hydrogens is 280 g/mol. The quantitative estimate of drug-likeness (QED) is 0.864. The zero-order chi connectivity index (χ0) is 15.6. The lowest BCUT2D eigenvalue weighted by atomic mass is 9.76. The summed E-state index contributed by atoms with van der Waals surface area (Å²) in [6.07, 6.45) is 7.67. The molecule has 3 heterocycles. The molecule has 1 aromatic heterocycles. The predicted molar refractivity (Wildman–Crippen MR) is 83.4 cm³/mol. The maximum Gasteiger partial charge on any atom is 0.320 e. The minimum Gasteiger partial charge on any atom is -0.480 e. The lowest BCUT2D eigenvalue weighted by Gasteiger charge is -2.39. The fourth-order valence-electron chi connectivity index (χ4n) is 4.05. The molecule has 22 heavy (non-hydrogen) atoms. The Bertz CT molecular complexity index is 494. The number of aliphatic carboxylic acids is 1. The van der Waals surface area contributed by atoms with E-state index in [0.29, 0.717) is 0 Å². The average Bonchev–Trinajstić information content (AvgIpc) is 3.11. The van der Waals surface area contributed by atoms with Crippen molar-refractivity contribution in [1.29, 1.82) is 0 Å². The van der Waals surface area contributed by atoms with Gasteiger partial charge in [-0.3, -0.25) is 14.6 Å². The highest BCUT2D eigenvalue weighted by atomic mass is 16.4.